The lowest BCUT2D eigenvalue weighted by atomic mass is 10.2. The maximum Gasteiger partial charge on any atom is 0.241 e. The Bertz CT molecular complexity index is 614. The minimum absolute atomic E-state index is 0.00421. The molecule has 0 radical (unpaired) electrons. The number of aliphatic hydroxyl groups excluding tert-OH is 1. The minimum Gasteiger partial charge on any atom is -0.395 e. The molecule has 4 N–H and O–H groups in total. The predicted octanol–water partition coefficient (Wildman–Crippen LogP) is -0.816. The first kappa shape index (κ1) is 15.2. The molecule has 7 heteroatoms. The molecule has 0 saturated heterocycles. The van der Waals surface area contributed by atoms with E-state index in [0.717, 1.165) is 0 Å². The summed E-state index contributed by atoms with van der Waals surface area (Å²) in [6.07, 6.45) is 0.316. The second kappa shape index (κ2) is 6.89. The lowest BCUT2D eigenvalue weighted by molar-refractivity contribution is -0.116. The van der Waals surface area contributed by atoms with Crippen molar-refractivity contribution < 1.29 is 18.3 Å². The third kappa shape index (κ3) is 5.09. The first-order valence-corrected chi connectivity index (χ1v) is 6.92. The molecule has 1 aromatic carbocycles. The van der Waals surface area contributed by atoms with Gasteiger partial charge in [0.15, 0.2) is 0 Å². The fourth-order valence-electron chi connectivity index (χ4n) is 1.21. The highest BCUT2D eigenvalue weighted by molar-refractivity contribution is 7.89. The number of nitrogens with two attached hydrogens (primary N) is 1. The lowest BCUT2D eigenvalue weighted by Crippen LogP contribution is -2.33. The summed E-state index contributed by atoms with van der Waals surface area (Å²) in [4.78, 5) is 10.6. The van der Waals surface area contributed by atoms with Gasteiger partial charge in [-0.05, 0) is 18.2 Å². The van der Waals surface area contributed by atoms with E-state index >= 15 is 0 Å². The fraction of sp³-hybridized carbons (Fsp3) is 0.250. The molecule has 0 aliphatic carbocycles. The molecular weight excluding hydrogens is 268 g/mol. The van der Waals surface area contributed by atoms with Gasteiger partial charge in [-0.2, -0.15) is 0 Å². The van der Waals surface area contributed by atoms with E-state index in [-0.39, 0.29) is 11.5 Å². The van der Waals surface area contributed by atoms with Gasteiger partial charge in [-0.15, -0.1) is 0 Å². The first-order valence-electron chi connectivity index (χ1n) is 5.43. The summed E-state index contributed by atoms with van der Waals surface area (Å²) in [6, 6.07) is 5.97. The number of sulfonamides is 1. The van der Waals surface area contributed by atoms with Crippen molar-refractivity contribution in [2.45, 2.75) is 11.3 Å². The molecular formula is C12H14N2O4S. The van der Waals surface area contributed by atoms with Crippen LogP contribution in [0.4, 0.5) is 0 Å². The molecule has 0 aromatic heterocycles. The van der Waals surface area contributed by atoms with Crippen LogP contribution in [0.3, 0.4) is 0 Å². The molecule has 1 aromatic rings. The number of carbonyl (C=O) groups is 1. The average Bonchev–Trinajstić information content (AvgIpc) is 2.37. The van der Waals surface area contributed by atoms with E-state index in [0.29, 0.717) is 12.0 Å². The number of hydrogen-bond donors (Lipinski definition) is 3. The van der Waals surface area contributed by atoms with Crippen LogP contribution in [-0.4, -0.2) is 32.6 Å². The molecule has 0 bridgehead atoms. The van der Waals surface area contributed by atoms with Crippen molar-refractivity contribution in [3.63, 3.8) is 0 Å². The molecule has 1 rings (SSSR count). The van der Waals surface area contributed by atoms with Crippen molar-refractivity contribution in [1.29, 1.82) is 0 Å². The molecule has 0 saturated carbocycles. The maximum absolute atomic E-state index is 11.8. The van der Waals surface area contributed by atoms with Gasteiger partial charge in [0.25, 0.3) is 0 Å². The highest BCUT2D eigenvalue weighted by Crippen LogP contribution is 2.10. The van der Waals surface area contributed by atoms with E-state index in [4.69, 9.17) is 10.8 Å². The van der Waals surface area contributed by atoms with Gasteiger partial charge in [-0.1, -0.05) is 17.9 Å². The van der Waals surface area contributed by atoms with Gasteiger partial charge in [-0.25, -0.2) is 13.1 Å². The van der Waals surface area contributed by atoms with Crippen molar-refractivity contribution in [1.82, 2.24) is 4.72 Å². The second-order valence-electron chi connectivity index (χ2n) is 3.59. The highest BCUT2D eigenvalue weighted by Gasteiger charge is 2.14. The van der Waals surface area contributed by atoms with E-state index < -0.39 is 22.5 Å². The summed E-state index contributed by atoms with van der Waals surface area (Å²) in [6.45, 7) is -0.506. The average molecular weight is 282 g/mol. The molecule has 1 amide bonds. The molecule has 102 valence electrons. The van der Waals surface area contributed by atoms with E-state index in [1.54, 1.807) is 12.1 Å². The number of nitrogens with one attached hydrogen (secondary N) is 1. The maximum atomic E-state index is 11.8. The normalized spacial score (nSPS) is 10.6. The monoisotopic (exact) mass is 282 g/mol. The van der Waals surface area contributed by atoms with Crippen LogP contribution in [-0.2, 0) is 14.8 Å². The zero-order valence-corrected chi connectivity index (χ0v) is 10.9. The number of primary amides is 1. The summed E-state index contributed by atoms with van der Waals surface area (Å²) < 4.78 is 25.7. The number of benzene rings is 1. The Balaban J connectivity index is 2.93. The Kier molecular flexibility index (Phi) is 5.51. The van der Waals surface area contributed by atoms with Crippen LogP contribution in [0.2, 0.25) is 0 Å². The first-order chi connectivity index (χ1) is 8.95. The van der Waals surface area contributed by atoms with Crippen LogP contribution in [0.15, 0.2) is 29.2 Å². The van der Waals surface area contributed by atoms with Crippen molar-refractivity contribution in [3.05, 3.63) is 29.8 Å². The van der Waals surface area contributed by atoms with Gasteiger partial charge in [0.1, 0.15) is 0 Å². The predicted molar refractivity (Wildman–Crippen MR) is 69.4 cm³/mol. The fourth-order valence-corrected chi connectivity index (χ4v) is 2.25. The summed E-state index contributed by atoms with van der Waals surface area (Å²) in [7, 11) is -3.78. The lowest BCUT2D eigenvalue weighted by Gasteiger charge is -2.05. The van der Waals surface area contributed by atoms with Crippen LogP contribution in [0, 0.1) is 11.8 Å². The molecule has 0 heterocycles. The van der Waals surface area contributed by atoms with E-state index in [1.807, 2.05) is 0 Å². The van der Waals surface area contributed by atoms with Crippen LogP contribution in [0.5, 0.6) is 0 Å². The van der Waals surface area contributed by atoms with Crippen LogP contribution >= 0.6 is 0 Å². The Morgan fingerprint density at radius 2 is 2.16 bits per heavy atom. The van der Waals surface area contributed by atoms with Gasteiger partial charge in [0.05, 0.1) is 18.0 Å². The van der Waals surface area contributed by atoms with Crippen molar-refractivity contribution >= 4 is 15.9 Å². The smallest absolute Gasteiger partial charge is 0.241 e. The third-order valence-corrected chi connectivity index (χ3v) is 3.45. The van der Waals surface area contributed by atoms with Gasteiger partial charge in [0.2, 0.25) is 15.9 Å². The molecule has 0 fully saturated rings. The number of hydrogen-bond acceptors (Lipinski definition) is 4. The Hall–Kier alpha value is -1.88. The van der Waals surface area contributed by atoms with Gasteiger partial charge >= 0.3 is 0 Å². The van der Waals surface area contributed by atoms with Crippen molar-refractivity contribution in [2.75, 3.05) is 13.2 Å². The molecule has 0 aliphatic heterocycles. The van der Waals surface area contributed by atoms with E-state index in [1.165, 1.54) is 12.1 Å². The van der Waals surface area contributed by atoms with E-state index in [9.17, 15) is 13.2 Å². The van der Waals surface area contributed by atoms with Crippen LogP contribution in [0.25, 0.3) is 0 Å². The Morgan fingerprint density at radius 1 is 1.42 bits per heavy atom. The summed E-state index contributed by atoms with van der Waals surface area (Å²) in [5.74, 6) is 4.66. The number of aliphatic hydroxyl groups is 1. The second-order valence-corrected chi connectivity index (χ2v) is 5.36. The Morgan fingerprint density at radius 3 is 2.79 bits per heavy atom. The van der Waals surface area contributed by atoms with Crippen LogP contribution in [0.1, 0.15) is 12.0 Å². The zero-order chi connectivity index (χ0) is 14.3. The van der Waals surface area contributed by atoms with Crippen molar-refractivity contribution in [3.8, 4) is 11.8 Å². The molecule has 6 nitrogen and oxygen atoms in total. The quantitative estimate of drug-likeness (QED) is 0.613. The van der Waals surface area contributed by atoms with Crippen molar-refractivity contribution in [2.24, 2.45) is 5.73 Å². The van der Waals surface area contributed by atoms with Gasteiger partial charge < -0.3 is 10.8 Å². The highest BCUT2D eigenvalue weighted by atomic mass is 32.2. The van der Waals surface area contributed by atoms with Gasteiger partial charge in [-0.3, -0.25) is 4.79 Å². The summed E-state index contributed by atoms with van der Waals surface area (Å²) in [5, 5.41) is 8.60. The minimum atomic E-state index is -3.78. The summed E-state index contributed by atoms with van der Waals surface area (Å²) in [5.41, 5.74) is 5.39. The molecule has 19 heavy (non-hydrogen) atoms. The molecule has 0 aliphatic rings. The number of carbonyl (C=O) groups excluding carboxylic acids is 1. The largest absolute Gasteiger partial charge is 0.395 e. The van der Waals surface area contributed by atoms with Crippen LogP contribution < -0.4 is 10.5 Å². The van der Waals surface area contributed by atoms with E-state index in [2.05, 4.69) is 16.6 Å². The molecule has 0 spiro atoms. The molecule has 0 atom stereocenters. The standard InChI is InChI=1S/C12H14N2O4S/c13-12(16)9-14-19(17,18)11-6-3-5-10(8-11)4-1-2-7-15/h3,5-6,8,14-15H,2,7,9H2,(H2,13,16). The SMILES string of the molecule is NC(=O)CNS(=O)(=O)c1cccc(C#CCCO)c1. The number of amides is 1. The third-order valence-electron chi connectivity index (χ3n) is 2.05. The Labute approximate surface area is 111 Å². The zero-order valence-electron chi connectivity index (χ0n) is 10.1. The van der Waals surface area contributed by atoms with Gasteiger partial charge in [0, 0.05) is 12.0 Å². The summed E-state index contributed by atoms with van der Waals surface area (Å²) >= 11 is 0. The number of rotatable bonds is 5. The topological polar surface area (TPSA) is 109 Å². The molecule has 0 unspecified atom stereocenters.